The molecule has 0 bridgehead atoms. The quantitative estimate of drug-likeness (QED) is 0.857. The van der Waals surface area contributed by atoms with Crippen LogP contribution in [0.15, 0.2) is 24.5 Å². The zero-order valence-electron chi connectivity index (χ0n) is 10.5. The predicted octanol–water partition coefficient (Wildman–Crippen LogP) is 1.07. The molecule has 2 N–H and O–H groups in total. The standard InChI is InChI=1S/C13H17N5/c1-10-2-3-11(8-14)13(16-10)18-7-6-17-5-4-15-12(17)9-18/h2-5H,6-9,14H2,1H3. The Kier molecular flexibility index (Phi) is 2.76. The smallest absolute Gasteiger partial charge is 0.133 e. The van der Waals surface area contributed by atoms with E-state index < -0.39 is 0 Å². The number of aryl methyl sites for hydroxylation is 1. The van der Waals surface area contributed by atoms with E-state index in [0.717, 1.165) is 42.5 Å². The molecule has 2 aromatic rings. The van der Waals surface area contributed by atoms with Gasteiger partial charge in [-0.25, -0.2) is 9.97 Å². The predicted molar refractivity (Wildman–Crippen MR) is 70.1 cm³/mol. The second-order valence-electron chi connectivity index (χ2n) is 4.60. The maximum absolute atomic E-state index is 5.79. The van der Waals surface area contributed by atoms with E-state index in [1.165, 1.54) is 0 Å². The second kappa shape index (κ2) is 4.42. The van der Waals surface area contributed by atoms with Crippen LogP contribution < -0.4 is 10.6 Å². The van der Waals surface area contributed by atoms with Crippen LogP contribution in [0.4, 0.5) is 5.82 Å². The van der Waals surface area contributed by atoms with Crippen molar-refractivity contribution in [1.29, 1.82) is 0 Å². The minimum absolute atomic E-state index is 0.521. The van der Waals surface area contributed by atoms with Gasteiger partial charge >= 0.3 is 0 Å². The Morgan fingerprint density at radius 2 is 2.22 bits per heavy atom. The van der Waals surface area contributed by atoms with Crippen LogP contribution in [0.2, 0.25) is 0 Å². The first-order valence-electron chi connectivity index (χ1n) is 6.19. The number of imidazole rings is 1. The Balaban J connectivity index is 1.94. The van der Waals surface area contributed by atoms with Crippen molar-refractivity contribution in [3.63, 3.8) is 0 Å². The molecule has 1 aliphatic heterocycles. The van der Waals surface area contributed by atoms with E-state index in [0.29, 0.717) is 6.54 Å². The van der Waals surface area contributed by atoms with Gasteiger partial charge in [-0.15, -0.1) is 0 Å². The third-order valence-electron chi connectivity index (χ3n) is 3.36. The lowest BCUT2D eigenvalue weighted by molar-refractivity contribution is 0.554. The van der Waals surface area contributed by atoms with Crippen molar-refractivity contribution >= 4 is 5.82 Å². The molecule has 2 aromatic heterocycles. The van der Waals surface area contributed by atoms with E-state index in [9.17, 15) is 0 Å². The molecule has 1 aliphatic rings. The molecule has 0 radical (unpaired) electrons. The van der Waals surface area contributed by atoms with E-state index in [-0.39, 0.29) is 0 Å². The fourth-order valence-corrected chi connectivity index (χ4v) is 2.36. The zero-order chi connectivity index (χ0) is 12.5. The van der Waals surface area contributed by atoms with E-state index in [1.807, 2.05) is 25.4 Å². The van der Waals surface area contributed by atoms with Crippen molar-refractivity contribution in [2.45, 2.75) is 26.6 Å². The summed E-state index contributed by atoms with van der Waals surface area (Å²) in [4.78, 5) is 11.3. The van der Waals surface area contributed by atoms with Crippen LogP contribution in [0.25, 0.3) is 0 Å². The summed E-state index contributed by atoms with van der Waals surface area (Å²) >= 11 is 0. The van der Waals surface area contributed by atoms with E-state index in [1.54, 1.807) is 0 Å². The van der Waals surface area contributed by atoms with Crippen molar-refractivity contribution in [3.8, 4) is 0 Å². The molecule has 18 heavy (non-hydrogen) atoms. The third-order valence-corrected chi connectivity index (χ3v) is 3.36. The summed E-state index contributed by atoms with van der Waals surface area (Å²) in [6, 6.07) is 4.08. The molecular weight excluding hydrogens is 226 g/mol. The van der Waals surface area contributed by atoms with Crippen molar-refractivity contribution < 1.29 is 0 Å². The molecule has 0 amide bonds. The summed E-state index contributed by atoms with van der Waals surface area (Å²) in [6.45, 7) is 5.24. The highest BCUT2D eigenvalue weighted by Crippen LogP contribution is 2.22. The maximum Gasteiger partial charge on any atom is 0.133 e. The highest BCUT2D eigenvalue weighted by atomic mass is 15.3. The lowest BCUT2D eigenvalue weighted by Gasteiger charge is -2.30. The normalized spacial score (nSPS) is 14.7. The minimum Gasteiger partial charge on any atom is -0.347 e. The van der Waals surface area contributed by atoms with Gasteiger partial charge in [0, 0.05) is 43.3 Å². The van der Waals surface area contributed by atoms with Gasteiger partial charge < -0.3 is 15.2 Å². The van der Waals surface area contributed by atoms with Crippen molar-refractivity contribution in [2.24, 2.45) is 5.73 Å². The first-order chi connectivity index (χ1) is 8.78. The number of nitrogens with two attached hydrogens (primary N) is 1. The number of fused-ring (bicyclic) bond motifs is 1. The number of hydrogen-bond acceptors (Lipinski definition) is 4. The van der Waals surface area contributed by atoms with E-state index in [4.69, 9.17) is 5.73 Å². The first kappa shape index (κ1) is 11.2. The average molecular weight is 243 g/mol. The van der Waals surface area contributed by atoms with Gasteiger partial charge in [-0.05, 0) is 13.0 Å². The monoisotopic (exact) mass is 243 g/mol. The highest BCUT2D eigenvalue weighted by molar-refractivity contribution is 5.48. The molecule has 0 spiro atoms. The number of aromatic nitrogens is 3. The molecular formula is C13H17N5. The van der Waals surface area contributed by atoms with Gasteiger partial charge in [-0.3, -0.25) is 0 Å². The number of anilines is 1. The Morgan fingerprint density at radius 3 is 3.06 bits per heavy atom. The second-order valence-corrected chi connectivity index (χ2v) is 4.60. The fraction of sp³-hybridized carbons (Fsp3) is 0.385. The molecule has 0 atom stereocenters. The molecule has 5 nitrogen and oxygen atoms in total. The lowest BCUT2D eigenvalue weighted by atomic mass is 10.2. The molecule has 0 aliphatic carbocycles. The molecule has 0 fully saturated rings. The lowest BCUT2D eigenvalue weighted by Crippen LogP contribution is -2.35. The van der Waals surface area contributed by atoms with Gasteiger partial charge in [0.05, 0.1) is 6.54 Å². The summed E-state index contributed by atoms with van der Waals surface area (Å²) in [6.07, 6.45) is 3.88. The van der Waals surface area contributed by atoms with Crippen LogP contribution in [-0.4, -0.2) is 21.1 Å². The molecule has 5 heteroatoms. The highest BCUT2D eigenvalue weighted by Gasteiger charge is 2.19. The number of hydrogen-bond donors (Lipinski definition) is 1. The van der Waals surface area contributed by atoms with Crippen molar-refractivity contribution in [3.05, 3.63) is 41.6 Å². The van der Waals surface area contributed by atoms with Gasteiger partial charge in [0.1, 0.15) is 11.6 Å². The topological polar surface area (TPSA) is 60.0 Å². The Bertz CT molecular complexity index is 560. The number of rotatable bonds is 2. The Labute approximate surface area is 106 Å². The Morgan fingerprint density at radius 1 is 1.33 bits per heavy atom. The SMILES string of the molecule is Cc1ccc(CN)c(N2CCn3ccnc3C2)n1. The number of pyridine rings is 1. The van der Waals surface area contributed by atoms with Crippen LogP contribution in [0.5, 0.6) is 0 Å². The molecule has 3 heterocycles. The van der Waals surface area contributed by atoms with Crippen LogP contribution in [0, 0.1) is 6.92 Å². The van der Waals surface area contributed by atoms with Crippen molar-refractivity contribution in [2.75, 3.05) is 11.4 Å². The molecule has 0 aromatic carbocycles. The Hall–Kier alpha value is -1.88. The van der Waals surface area contributed by atoms with Crippen LogP contribution in [-0.2, 0) is 19.6 Å². The number of nitrogens with zero attached hydrogens (tertiary/aromatic N) is 4. The molecule has 0 unspecified atom stereocenters. The molecule has 0 saturated carbocycles. The van der Waals surface area contributed by atoms with Crippen LogP contribution >= 0.6 is 0 Å². The van der Waals surface area contributed by atoms with Gasteiger partial charge in [0.25, 0.3) is 0 Å². The fourth-order valence-electron chi connectivity index (χ4n) is 2.36. The summed E-state index contributed by atoms with van der Waals surface area (Å²) in [5.41, 5.74) is 7.92. The molecule has 0 saturated heterocycles. The van der Waals surface area contributed by atoms with Crippen molar-refractivity contribution in [1.82, 2.24) is 14.5 Å². The van der Waals surface area contributed by atoms with Gasteiger partial charge in [-0.2, -0.15) is 0 Å². The third kappa shape index (κ3) is 1.86. The average Bonchev–Trinajstić information content (AvgIpc) is 2.85. The van der Waals surface area contributed by atoms with Crippen LogP contribution in [0.1, 0.15) is 17.1 Å². The maximum atomic E-state index is 5.79. The first-order valence-corrected chi connectivity index (χ1v) is 6.19. The zero-order valence-corrected chi connectivity index (χ0v) is 10.5. The summed E-state index contributed by atoms with van der Waals surface area (Å²) < 4.78 is 2.19. The minimum atomic E-state index is 0.521. The van der Waals surface area contributed by atoms with Gasteiger partial charge in [-0.1, -0.05) is 6.07 Å². The summed E-state index contributed by atoms with van der Waals surface area (Å²) in [5, 5.41) is 0. The molecule has 94 valence electrons. The summed E-state index contributed by atoms with van der Waals surface area (Å²) in [5.74, 6) is 2.10. The van der Waals surface area contributed by atoms with E-state index in [2.05, 4.69) is 25.5 Å². The molecule has 3 rings (SSSR count). The van der Waals surface area contributed by atoms with Gasteiger partial charge in [0.15, 0.2) is 0 Å². The van der Waals surface area contributed by atoms with Crippen LogP contribution in [0.3, 0.4) is 0 Å². The summed E-state index contributed by atoms with van der Waals surface area (Å²) in [7, 11) is 0. The van der Waals surface area contributed by atoms with E-state index >= 15 is 0 Å². The largest absolute Gasteiger partial charge is 0.347 e. The van der Waals surface area contributed by atoms with Gasteiger partial charge in [0.2, 0.25) is 0 Å².